The van der Waals surface area contributed by atoms with Gasteiger partial charge in [-0.3, -0.25) is 9.59 Å². The van der Waals surface area contributed by atoms with Crippen LogP contribution in [-0.2, 0) is 32.5 Å². The van der Waals surface area contributed by atoms with Gasteiger partial charge >= 0.3 is 0 Å². The number of sulfonamides is 1. The number of nitrogens with zero attached hydrogens (tertiary/aromatic N) is 3. The number of rotatable bonds is 4. The Morgan fingerprint density at radius 2 is 2.07 bits per heavy atom. The normalized spacial score (nSPS) is 25.8. The van der Waals surface area contributed by atoms with Gasteiger partial charge in [0.05, 0.1) is 24.0 Å². The molecular formula is C19H28N4O5S. The predicted octanol–water partition coefficient (Wildman–Crippen LogP) is 0.710. The standard InChI is InChI=1S/C19H28N4O5S/c1-2-29(26,27)22-10-8-13-14(12-22)20-17(21-18(13)24)15-6-3-4-9-23(15)19(25)16-7-5-11-28-16/h15-16H,2-12H2,1H3,(H,20,21,24). The molecule has 10 heteroatoms. The molecule has 2 fully saturated rings. The molecule has 1 aromatic heterocycles. The highest BCUT2D eigenvalue weighted by Gasteiger charge is 2.36. The van der Waals surface area contributed by atoms with Crippen LogP contribution in [0.15, 0.2) is 4.79 Å². The van der Waals surface area contributed by atoms with E-state index in [1.54, 1.807) is 11.8 Å². The van der Waals surface area contributed by atoms with Crippen LogP contribution >= 0.6 is 0 Å². The first-order valence-electron chi connectivity index (χ1n) is 10.4. The monoisotopic (exact) mass is 424 g/mol. The van der Waals surface area contributed by atoms with Crippen molar-refractivity contribution in [3.63, 3.8) is 0 Å². The molecule has 4 rings (SSSR count). The molecule has 2 atom stereocenters. The lowest BCUT2D eigenvalue weighted by molar-refractivity contribution is -0.145. The number of aromatic amines is 1. The number of H-pyrrole nitrogens is 1. The summed E-state index contributed by atoms with van der Waals surface area (Å²) in [6.45, 7) is 3.22. The molecular weight excluding hydrogens is 396 g/mol. The lowest BCUT2D eigenvalue weighted by Gasteiger charge is -2.37. The fourth-order valence-electron chi connectivity index (χ4n) is 4.45. The van der Waals surface area contributed by atoms with Crippen LogP contribution in [0, 0.1) is 0 Å². The van der Waals surface area contributed by atoms with Gasteiger partial charge in [0.15, 0.2) is 0 Å². The number of likely N-dealkylation sites (tertiary alicyclic amines) is 1. The number of nitrogens with one attached hydrogen (secondary N) is 1. The average molecular weight is 425 g/mol. The lowest BCUT2D eigenvalue weighted by Crippen LogP contribution is -2.45. The van der Waals surface area contributed by atoms with Gasteiger partial charge in [0.25, 0.3) is 11.5 Å². The van der Waals surface area contributed by atoms with Crippen molar-refractivity contribution in [2.75, 3.05) is 25.4 Å². The van der Waals surface area contributed by atoms with E-state index < -0.39 is 16.1 Å². The Morgan fingerprint density at radius 3 is 2.79 bits per heavy atom. The van der Waals surface area contributed by atoms with E-state index in [-0.39, 0.29) is 29.8 Å². The third-order valence-electron chi connectivity index (χ3n) is 6.12. The van der Waals surface area contributed by atoms with Crippen LogP contribution in [0.5, 0.6) is 0 Å². The van der Waals surface area contributed by atoms with Gasteiger partial charge in [-0.05, 0) is 45.4 Å². The summed E-state index contributed by atoms with van der Waals surface area (Å²) < 4.78 is 31.5. The van der Waals surface area contributed by atoms with E-state index in [0.717, 1.165) is 32.1 Å². The number of amides is 1. The molecule has 3 aliphatic rings. The Kier molecular flexibility index (Phi) is 5.76. The van der Waals surface area contributed by atoms with Crippen molar-refractivity contribution in [1.82, 2.24) is 19.2 Å². The molecule has 1 aromatic rings. The maximum atomic E-state index is 13.0. The summed E-state index contributed by atoms with van der Waals surface area (Å²) in [5.41, 5.74) is 0.819. The van der Waals surface area contributed by atoms with Gasteiger partial charge in [-0.2, -0.15) is 4.31 Å². The largest absolute Gasteiger partial charge is 0.368 e. The van der Waals surface area contributed by atoms with E-state index in [2.05, 4.69) is 9.97 Å². The summed E-state index contributed by atoms with van der Waals surface area (Å²) in [5, 5.41) is 0. The van der Waals surface area contributed by atoms with Crippen LogP contribution in [-0.4, -0.2) is 65.1 Å². The molecule has 29 heavy (non-hydrogen) atoms. The van der Waals surface area contributed by atoms with Crippen LogP contribution in [0.1, 0.15) is 62.2 Å². The van der Waals surface area contributed by atoms with Gasteiger partial charge in [0, 0.05) is 25.3 Å². The number of hydrogen-bond donors (Lipinski definition) is 1. The molecule has 0 saturated carbocycles. The summed E-state index contributed by atoms with van der Waals surface area (Å²) in [5.74, 6) is 0.434. The highest BCUT2D eigenvalue weighted by atomic mass is 32.2. The molecule has 3 aliphatic heterocycles. The number of fused-ring (bicyclic) bond motifs is 1. The Morgan fingerprint density at radius 1 is 1.24 bits per heavy atom. The minimum atomic E-state index is -3.35. The van der Waals surface area contributed by atoms with Crippen LogP contribution in [0.25, 0.3) is 0 Å². The van der Waals surface area contributed by atoms with Gasteiger partial charge in [0.2, 0.25) is 10.0 Å². The van der Waals surface area contributed by atoms with Crippen molar-refractivity contribution in [2.24, 2.45) is 0 Å². The van der Waals surface area contributed by atoms with E-state index in [1.165, 1.54) is 4.31 Å². The first-order valence-corrected chi connectivity index (χ1v) is 12.0. The minimum Gasteiger partial charge on any atom is -0.368 e. The van der Waals surface area contributed by atoms with E-state index in [1.807, 2.05) is 0 Å². The van der Waals surface area contributed by atoms with Crippen molar-refractivity contribution in [3.05, 3.63) is 27.4 Å². The smallest absolute Gasteiger partial charge is 0.254 e. The third-order valence-corrected chi connectivity index (χ3v) is 7.95. The zero-order chi connectivity index (χ0) is 20.6. The Hall–Kier alpha value is -1.78. The van der Waals surface area contributed by atoms with E-state index >= 15 is 0 Å². The topological polar surface area (TPSA) is 113 Å². The fraction of sp³-hybridized carbons (Fsp3) is 0.737. The molecule has 160 valence electrons. The first kappa shape index (κ1) is 20.5. The summed E-state index contributed by atoms with van der Waals surface area (Å²) in [4.78, 5) is 35.0. The van der Waals surface area contributed by atoms with Crippen molar-refractivity contribution < 1.29 is 17.9 Å². The molecule has 0 aromatic carbocycles. The third kappa shape index (κ3) is 3.97. The van der Waals surface area contributed by atoms with E-state index in [4.69, 9.17) is 4.74 Å². The Labute approximate surface area is 170 Å². The molecule has 2 saturated heterocycles. The van der Waals surface area contributed by atoms with Crippen molar-refractivity contribution >= 4 is 15.9 Å². The molecule has 0 spiro atoms. The molecule has 0 bridgehead atoms. The van der Waals surface area contributed by atoms with E-state index in [9.17, 15) is 18.0 Å². The first-order chi connectivity index (χ1) is 13.9. The summed E-state index contributed by atoms with van der Waals surface area (Å²) in [7, 11) is -3.35. The molecule has 1 amide bonds. The molecule has 1 N–H and O–H groups in total. The molecule has 0 aliphatic carbocycles. The summed E-state index contributed by atoms with van der Waals surface area (Å²) in [6, 6.07) is -0.309. The number of carbonyl (C=O) groups excluding carboxylic acids is 1. The second kappa shape index (κ2) is 8.16. The molecule has 4 heterocycles. The summed E-state index contributed by atoms with van der Waals surface area (Å²) in [6.07, 6.45) is 4.11. The highest BCUT2D eigenvalue weighted by molar-refractivity contribution is 7.89. The lowest BCUT2D eigenvalue weighted by atomic mass is 9.99. The number of aromatic nitrogens is 2. The number of ether oxygens (including phenoxy) is 1. The summed E-state index contributed by atoms with van der Waals surface area (Å²) >= 11 is 0. The predicted molar refractivity (Wildman–Crippen MR) is 106 cm³/mol. The van der Waals surface area contributed by atoms with Crippen molar-refractivity contribution in [1.29, 1.82) is 0 Å². The van der Waals surface area contributed by atoms with Crippen molar-refractivity contribution in [2.45, 2.75) is 64.1 Å². The zero-order valence-corrected chi connectivity index (χ0v) is 17.5. The molecule has 9 nitrogen and oxygen atoms in total. The zero-order valence-electron chi connectivity index (χ0n) is 16.7. The van der Waals surface area contributed by atoms with E-state index in [0.29, 0.717) is 43.2 Å². The molecule has 2 unspecified atom stereocenters. The fourth-order valence-corrected chi connectivity index (χ4v) is 5.50. The number of carbonyl (C=O) groups is 1. The van der Waals surface area contributed by atoms with Gasteiger partial charge in [0.1, 0.15) is 11.9 Å². The maximum Gasteiger partial charge on any atom is 0.254 e. The quantitative estimate of drug-likeness (QED) is 0.762. The van der Waals surface area contributed by atoms with Gasteiger partial charge in [-0.25, -0.2) is 13.4 Å². The number of piperidine rings is 1. The van der Waals surface area contributed by atoms with Crippen LogP contribution in [0.3, 0.4) is 0 Å². The average Bonchev–Trinajstić information content (AvgIpc) is 3.27. The Balaban J connectivity index is 1.64. The maximum absolute atomic E-state index is 13.0. The van der Waals surface area contributed by atoms with Gasteiger partial charge in [-0.15, -0.1) is 0 Å². The minimum absolute atomic E-state index is 0.0185. The number of hydrogen-bond acceptors (Lipinski definition) is 6. The van der Waals surface area contributed by atoms with Gasteiger partial charge in [-0.1, -0.05) is 0 Å². The molecule has 0 radical (unpaired) electrons. The van der Waals surface area contributed by atoms with Crippen LogP contribution < -0.4 is 5.56 Å². The second-order valence-electron chi connectivity index (χ2n) is 7.91. The van der Waals surface area contributed by atoms with Gasteiger partial charge < -0.3 is 14.6 Å². The second-order valence-corrected chi connectivity index (χ2v) is 10.2. The van der Waals surface area contributed by atoms with Crippen molar-refractivity contribution in [3.8, 4) is 0 Å². The SMILES string of the molecule is CCS(=O)(=O)N1CCc2c(nc(C3CCCCN3C(=O)C3CCCO3)[nH]c2=O)C1. The highest BCUT2D eigenvalue weighted by Crippen LogP contribution is 2.31. The van der Waals surface area contributed by atoms with Crippen LogP contribution in [0.2, 0.25) is 0 Å². The van der Waals surface area contributed by atoms with Crippen LogP contribution in [0.4, 0.5) is 0 Å². The Bertz CT molecular complexity index is 938.